The van der Waals surface area contributed by atoms with Gasteiger partial charge in [-0.1, -0.05) is 0 Å². The maximum atomic E-state index is 12.0. The zero-order chi connectivity index (χ0) is 14.5. The minimum atomic E-state index is -0.0180. The second kappa shape index (κ2) is 6.54. The van der Waals surface area contributed by atoms with Crippen molar-refractivity contribution < 1.29 is 4.79 Å². The van der Waals surface area contributed by atoms with Crippen LogP contribution in [0.15, 0.2) is 35.0 Å². The number of amides is 1. The lowest BCUT2D eigenvalue weighted by Crippen LogP contribution is -2.29. The van der Waals surface area contributed by atoms with Crippen molar-refractivity contribution >= 4 is 28.6 Å². The van der Waals surface area contributed by atoms with Gasteiger partial charge in [-0.15, -0.1) is 0 Å². The van der Waals surface area contributed by atoms with Crippen molar-refractivity contribution in [1.82, 2.24) is 4.90 Å². The average molecular weight is 289 g/mol. The third kappa shape index (κ3) is 4.08. The van der Waals surface area contributed by atoms with Crippen molar-refractivity contribution in [2.45, 2.75) is 13.5 Å². The molecule has 0 atom stereocenters. The highest BCUT2D eigenvalue weighted by atomic mass is 32.1. The molecule has 2 rings (SSSR count). The van der Waals surface area contributed by atoms with Gasteiger partial charge in [0.25, 0.3) is 0 Å². The minimum Gasteiger partial charge on any atom is -0.399 e. The lowest BCUT2D eigenvalue weighted by molar-refractivity contribution is -0.117. The molecule has 1 aromatic carbocycles. The second-order valence-corrected chi connectivity index (χ2v) is 5.71. The highest BCUT2D eigenvalue weighted by molar-refractivity contribution is 7.07. The third-order valence-corrected chi connectivity index (χ3v) is 3.70. The van der Waals surface area contributed by atoms with E-state index in [1.165, 1.54) is 5.56 Å². The first kappa shape index (κ1) is 14.6. The van der Waals surface area contributed by atoms with Crippen LogP contribution in [0.3, 0.4) is 0 Å². The van der Waals surface area contributed by atoms with Crippen molar-refractivity contribution in [3.8, 4) is 0 Å². The number of hydrogen-bond acceptors (Lipinski definition) is 4. The number of benzene rings is 1. The Labute approximate surface area is 123 Å². The smallest absolute Gasteiger partial charge is 0.238 e. The molecule has 4 nitrogen and oxygen atoms in total. The van der Waals surface area contributed by atoms with E-state index in [9.17, 15) is 4.79 Å². The molecule has 0 bridgehead atoms. The van der Waals surface area contributed by atoms with Crippen LogP contribution in [-0.2, 0) is 11.3 Å². The first-order valence-corrected chi connectivity index (χ1v) is 7.34. The number of nitrogens with two attached hydrogens (primary N) is 1. The number of nitrogen functional groups attached to an aromatic ring is 1. The maximum Gasteiger partial charge on any atom is 0.238 e. The molecule has 0 fully saturated rings. The summed E-state index contributed by atoms with van der Waals surface area (Å²) in [6, 6.07) is 7.55. The van der Waals surface area contributed by atoms with Gasteiger partial charge >= 0.3 is 0 Å². The Morgan fingerprint density at radius 2 is 2.20 bits per heavy atom. The van der Waals surface area contributed by atoms with Crippen LogP contribution in [-0.4, -0.2) is 24.4 Å². The van der Waals surface area contributed by atoms with E-state index in [1.54, 1.807) is 17.4 Å². The molecule has 3 N–H and O–H groups in total. The van der Waals surface area contributed by atoms with Crippen molar-refractivity contribution in [2.75, 3.05) is 24.6 Å². The molecule has 0 aliphatic carbocycles. The Kier molecular flexibility index (Phi) is 4.76. The Bertz CT molecular complexity index is 581. The van der Waals surface area contributed by atoms with Crippen molar-refractivity contribution in [3.05, 3.63) is 46.2 Å². The Morgan fingerprint density at radius 1 is 1.40 bits per heavy atom. The molecule has 2 aromatic rings. The summed E-state index contributed by atoms with van der Waals surface area (Å²) >= 11 is 1.67. The topological polar surface area (TPSA) is 58.4 Å². The van der Waals surface area contributed by atoms with E-state index in [0.29, 0.717) is 12.2 Å². The number of carbonyl (C=O) groups excluding carboxylic acids is 1. The molecule has 1 heterocycles. The first-order chi connectivity index (χ1) is 9.54. The fraction of sp³-hybridized carbons (Fsp3) is 0.267. The molecule has 1 aromatic heterocycles. The van der Waals surface area contributed by atoms with Crippen LogP contribution in [0.5, 0.6) is 0 Å². The maximum absolute atomic E-state index is 12.0. The lowest BCUT2D eigenvalue weighted by Gasteiger charge is -2.16. The number of hydrogen-bond donors (Lipinski definition) is 2. The molecular weight excluding hydrogens is 270 g/mol. The highest BCUT2D eigenvalue weighted by Crippen LogP contribution is 2.17. The van der Waals surface area contributed by atoms with E-state index in [-0.39, 0.29) is 5.91 Å². The Hall–Kier alpha value is -1.85. The number of thiophene rings is 1. The van der Waals surface area contributed by atoms with Gasteiger partial charge in [0.15, 0.2) is 0 Å². The summed E-state index contributed by atoms with van der Waals surface area (Å²) in [6.45, 7) is 3.07. The van der Waals surface area contributed by atoms with Gasteiger partial charge < -0.3 is 11.1 Å². The van der Waals surface area contributed by atoms with Crippen LogP contribution in [0.1, 0.15) is 11.1 Å². The average Bonchev–Trinajstić information content (AvgIpc) is 2.85. The van der Waals surface area contributed by atoms with Gasteiger partial charge in [-0.2, -0.15) is 11.3 Å². The highest BCUT2D eigenvalue weighted by Gasteiger charge is 2.09. The molecule has 0 saturated carbocycles. The Morgan fingerprint density at radius 3 is 2.85 bits per heavy atom. The second-order valence-electron chi connectivity index (χ2n) is 4.93. The number of carbonyl (C=O) groups is 1. The van der Waals surface area contributed by atoms with Gasteiger partial charge in [0.1, 0.15) is 0 Å². The van der Waals surface area contributed by atoms with Crippen molar-refractivity contribution in [3.63, 3.8) is 0 Å². The van der Waals surface area contributed by atoms with E-state index in [2.05, 4.69) is 16.8 Å². The molecule has 0 saturated heterocycles. The molecular formula is C15H19N3OS. The number of nitrogens with zero attached hydrogens (tertiary/aromatic N) is 1. The van der Waals surface area contributed by atoms with Crippen molar-refractivity contribution in [1.29, 1.82) is 0 Å². The Balaban J connectivity index is 1.88. The number of rotatable bonds is 5. The normalized spacial score (nSPS) is 10.8. The standard InChI is InChI=1S/C15H19N3OS/c1-11-7-13(16)3-4-14(11)17-15(19)9-18(2)8-12-5-6-20-10-12/h3-7,10H,8-9,16H2,1-2H3,(H,17,19). The fourth-order valence-electron chi connectivity index (χ4n) is 2.01. The summed E-state index contributed by atoms with van der Waals surface area (Å²) in [5.74, 6) is -0.0180. The van der Waals surface area contributed by atoms with Crippen LogP contribution in [0.2, 0.25) is 0 Å². The predicted molar refractivity (Wildman–Crippen MR) is 84.9 cm³/mol. The summed E-state index contributed by atoms with van der Waals surface area (Å²) in [6.07, 6.45) is 0. The lowest BCUT2D eigenvalue weighted by atomic mass is 10.2. The van der Waals surface area contributed by atoms with Crippen LogP contribution >= 0.6 is 11.3 Å². The number of aryl methyl sites for hydroxylation is 1. The molecule has 0 unspecified atom stereocenters. The van der Waals surface area contributed by atoms with Gasteiger partial charge in [-0.05, 0) is 60.1 Å². The molecule has 0 spiro atoms. The largest absolute Gasteiger partial charge is 0.399 e. The number of nitrogens with one attached hydrogen (secondary N) is 1. The van der Waals surface area contributed by atoms with Gasteiger partial charge in [-0.25, -0.2) is 0 Å². The minimum absolute atomic E-state index is 0.0180. The summed E-state index contributed by atoms with van der Waals surface area (Å²) < 4.78 is 0. The summed E-state index contributed by atoms with van der Waals surface area (Å²) in [4.78, 5) is 14.0. The molecule has 0 aliphatic heterocycles. The van der Waals surface area contributed by atoms with Crippen LogP contribution < -0.4 is 11.1 Å². The summed E-state index contributed by atoms with van der Waals surface area (Å²) in [7, 11) is 1.94. The van der Waals surface area contributed by atoms with Crippen LogP contribution in [0.25, 0.3) is 0 Å². The SMILES string of the molecule is Cc1cc(N)ccc1NC(=O)CN(C)Cc1ccsc1. The summed E-state index contributed by atoms with van der Waals surface area (Å²) in [5, 5.41) is 7.05. The van der Waals surface area contributed by atoms with Crippen LogP contribution in [0, 0.1) is 6.92 Å². The van der Waals surface area contributed by atoms with E-state index in [0.717, 1.165) is 17.8 Å². The molecule has 1 amide bonds. The molecule has 0 aliphatic rings. The first-order valence-electron chi connectivity index (χ1n) is 6.40. The van der Waals surface area contributed by atoms with E-state index < -0.39 is 0 Å². The molecule has 106 valence electrons. The molecule has 20 heavy (non-hydrogen) atoms. The van der Waals surface area contributed by atoms with Gasteiger partial charge in [-0.3, -0.25) is 9.69 Å². The summed E-state index contributed by atoms with van der Waals surface area (Å²) in [5.41, 5.74) is 9.41. The zero-order valence-electron chi connectivity index (χ0n) is 11.7. The van der Waals surface area contributed by atoms with Gasteiger partial charge in [0, 0.05) is 17.9 Å². The monoisotopic (exact) mass is 289 g/mol. The van der Waals surface area contributed by atoms with Gasteiger partial charge in [0.05, 0.1) is 6.54 Å². The van der Waals surface area contributed by atoms with E-state index in [1.807, 2.05) is 36.4 Å². The molecule has 5 heteroatoms. The third-order valence-electron chi connectivity index (χ3n) is 2.97. The predicted octanol–water partition coefficient (Wildman–Crippen LogP) is 2.71. The number of anilines is 2. The van der Waals surface area contributed by atoms with E-state index >= 15 is 0 Å². The number of likely N-dealkylation sites (N-methyl/N-ethyl adjacent to an activating group) is 1. The van der Waals surface area contributed by atoms with E-state index in [4.69, 9.17) is 5.73 Å². The quantitative estimate of drug-likeness (QED) is 0.832. The molecule has 0 radical (unpaired) electrons. The fourth-order valence-corrected chi connectivity index (χ4v) is 2.67. The van der Waals surface area contributed by atoms with Crippen LogP contribution in [0.4, 0.5) is 11.4 Å². The van der Waals surface area contributed by atoms with Gasteiger partial charge in [0.2, 0.25) is 5.91 Å². The zero-order valence-corrected chi connectivity index (χ0v) is 12.5. The van der Waals surface area contributed by atoms with Crippen molar-refractivity contribution in [2.24, 2.45) is 0 Å².